The number of hydrogen-bond donors (Lipinski definition) is 2. The maximum Gasteiger partial charge on any atom is 0.258 e. The van der Waals surface area contributed by atoms with E-state index in [1.807, 2.05) is 0 Å². The number of aromatic hydroxyl groups is 1. The Balaban J connectivity index is 2.90. The lowest BCUT2D eigenvalue weighted by Crippen LogP contribution is -2.46. The van der Waals surface area contributed by atoms with E-state index in [-0.39, 0.29) is 12.2 Å². The van der Waals surface area contributed by atoms with Gasteiger partial charge in [-0.25, -0.2) is 0 Å². The third-order valence-electron chi connectivity index (χ3n) is 2.66. The lowest BCUT2D eigenvalue weighted by Gasteiger charge is -2.19. The maximum atomic E-state index is 12.0. The van der Waals surface area contributed by atoms with E-state index >= 15 is 0 Å². The van der Waals surface area contributed by atoms with E-state index in [1.54, 1.807) is 18.3 Å². The Morgan fingerprint density at radius 2 is 2.10 bits per heavy atom. The molecule has 20 heavy (non-hydrogen) atoms. The first-order valence-corrected chi connectivity index (χ1v) is 5.86. The van der Waals surface area contributed by atoms with Crippen LogP contribution in [0.25, 0.3) is 0 Å². The Bertz CT molecular complexity index is 546. The minimum Gasteiger partial charge on any atom is -0.508 e. The molecule has 1 aromatic carbocycles. The predicted molar refractivity (Wildman–Crippen MR) is 72.3 cm³/mol. The minimum absolute atomic E-state index is 0.112. The number of nitrogens with one attached hydrogen (secondary N) is 1. The first-order valence-electron chi connectivity index (χ1n) is 5.86. The monoisotopic (exact) mass is 273 g/mol. The average Bonchev–Trinajstić information content (AvgIpc) is 2.46. The van der Waals surface area contributed by atoms with Crippen molar-refractivity contribution in [3.63, 3.8) is 0 Å². The largest absolute Gasteiger partial charge is 0.508 e. The van der Waals surface area contributed by atoms with Gasteiger partial charge in [0, 0.05) is 13.5 Å². The summed E-state index contributed by atoms with van der Waals surface area (Å²) in [6.45, 7) is 3.32. The number of rotatable bonds is 5. The number of carbonyl (C=O) groups excluding carboxylic acids is 2. The van der Waals surface area contributed by atoms with E-state index in [1.165, 1.54) is 19.2 Å². The summed E-state index contributed by atoms with van der Waals surface area (Å²) in [7, 11) is 1.33. The number of nitriles is 1. The van der Waals surface area contributed by atoms with E-state index in [4.69, 9.17) is 5.26 Å². The van der Waals surface area contributed by atoms with Crippen molar-refractivity contribution in [3.05, 3.63) is 42.5 Å². The van der Waals surface area contributed by atoms with Crippen LogP contribution >= 0.6 is 0 Å². The zero-order valence-corrected chi connectivity index (χ0v) is 11.0. The van der Waals surface area contributed by atoms with Crippen LogP contribution in [0.4, 0.5) is 0 Å². The Morgan fingerprint density at radius 3 is 2.60 bits per heavy atom. The first kappa shape index (κ1) is 15.2. The lowest BCUT2D eigenvalue weighted by atomic mass is 10.0. The van der Waals surface area contributed by atoms with Gasteiger partial charge in [-0.2, -0.15) is 5.26 Å². The quantitative estimate of drug-likeness (QED) is 0.465. The van der Waals surface area contributed by atoms with Crippen LogP contribution in [0.5, 0.6) is 5.75 Å². The zero-order valence-electron chi connectivity index (χ0n) is 11.0. The van der Waals surface area contributed by atoms with E-state index < -0.39 is 17.9 Å². The number of phenolic OH excluding ortho intramolecular Hbond substituents is 1. The number of likely N-dealkylation sites (N-methyl/N-ethyl adjacent to an activating group) is 1. The van der Waals surface area contributed by atoms with Gasteiger partial charge in [-0.3, -0.25) is 14.5 Å². The number of amides is 2. The van der Waals surface area contributed by atoms with Crippen LogP contribution in [0, 0.1) is 11.5 Å². The van der Waals surface area contributed by atoms with E-state index in [0.29, 0.717) is 0 Å². The summed E-state index contributed by atoms with van der Waals surface area (Å²) in [5.41, 5.74) is 0.747. The van der Waals surface area contributed by atoms with Crippen molar-refractivity contribution in [1.29, 1.82) is 5.26 Å². The fourth-order valence-electron chi connectivity index (χ4n) is 1.58. The van der Waals surface area contributed by atoms with Crippen LogP contribution < -0.4 is 5.32 Å². The van der Waals surface area contributed by atoms with Crippen molar-refractivity contribution < 1.29 is 14.7 Å². The SMILES string of the molecule is C=CC(=O)NC(Cc1ccc(O)cc1)C(=O)N(C)C#N. The van der Waals surface area contributed by atoms with Crippen molar-refractivity contribution in [2.24, 2.45) is 0 Å². The van der Waals surface area contributed by atoms with Gasteiger partial charge in [0.2, 0.25) is 5.91 Å². The van der Waals surface area contributed by atoms with Gasteiger partial charge in [0.1, 0.15) is 11.8 Å². The maximum absolute atomic E-state index is 12.0. The van der Waals surface area contributed by atoms with Crippen LogP contribution in [0.15, 0.2) is 36.9 Å². The second kappa shape index (κ2) is 6.95. The van der Waals surface area contributed by atoms with Crippen molar-refractivity contribution in [3.8, 4) is 11.9 Å². The molecule has 2 amide bonds. The molecule has 0 fully saturated rings. The number of nitrogens with zero attached hydrogens (tertiary/aromatic N) is 2. The fraction of sp³-hybridized carbons (Fsp3) is 0.214. The highest BCUT2D eigenvalue weighted by Crippen LogP contribution is 2.12. The van der Waals surface area contributed by atoms with Gasteiger partial charge in [0.25, 0.3) is 5.91 Å². The van der Waals surface area contributed by atoms with Gasteiger partial charge in [0.15, 0.2) is 6.19 Å². The minimum atomic E-state index is -0.866. The van der Waals surface area contributed by atoms with Gasteiger partial charge in [-0.15, -0.1) is 0 Å². The predicted octanol–water partition coefficient (Wildman–Crippen LogP) is 0.545. The fourth-order valence-corrected chi connectivity index (χ4v) is 1.58. The van der Waals surface area contributed by atoms with E-state index in [9.17, 15) is 14.7 Å². The summed E-state index contributed by atoms with van der Waals surface area (Å²) in [4.78, 5) is 24.2. The Morgan fingerprint density at radius 1 is 1.50 bits per heavy atom. The van der Waals surface area contributed by atoms with Crippen LogP contribution in [0.3, 0.4) is 0 Å². The molecular formula is C14H15N3O3. The Labute approximate surface area is 116 Å². The molecule has 6 heteroatoms. The van der Waals surface area contributed by atoms with Crippen molar-refractivity contribution in [1.82, 2.24) is 10.2 Å². The van der Waals surface area contributed by atoms with Crippen LogP contribution in [-0.2, 0) is 16.0 Å². The molecule has 0 saturated carbocycles. The zero-order chi connectivity index (χ0) is 15.1. The molecule has 1 rings (SSSR count). The standard InChI is InChI=1S/C14H15N3O3/c1-3-13(19)16-12(14(20)17(2)9-15)8-10-4-6-11(18)7-5-10/h3-7,12,18H,1,8H2,2H3,(H,16,19). The normalized spacial score (nSPS) is 11.0. The van der Waals surface area contributed by atoms with Crippen molar-refractivity contribution in [2.45, 2.75) is 12.5 Å². The molecule has 1 atom stereocenters. The molecule has 0 radical (unpaired) electrons. The molecule has 104 valence electrons. The molecule has 1 aromatic rings. The molecule has 0 aliphatic carbocycles. The topological polar surface area (TPSA) is 93.4 Å². The van der Waals surface area contributed by atoms with E-state index in [2.05, 4.69) is 11.9 Å². The molecular weight excluding hydrogens is 258 g/mol. The van der Waals surface area contributed by atoms with Gasteiger partial charge in [-0.05, 0) is 23.8 Å². The molecule has 0 aliphatic rings. The number of benzene rings is 1. The van der Waals surface area contributed by atoms with Gasteiger partial charge < -0.3 is 10.4 Å². The van der Waals surface area contributed by atoms with Crippen LogP contribution in [0.2, 0.25) is 0 Å². The third-order valence-corrected chi connectivity index (χ3v) is 2.66. The summed E-state index contributed by atoms with van der Waals surface area (Å²) < 4.78 is 0. The smallest absolute Gasteiger partial charge is 0.258 e. The van der Waals surface area contributed by atoms with Crippen molar-refractivity contribution in [2.75, 3.05) is 7.05 Å². The molecule has 0 bridgehead atoms. The van der Waals surface area contributed by atoms with Crippen molar-refractivity contribution >= 4 is 11.8 Å². The highest BCUT2D eigenvalue weighted by Gasteiger charge is 2.23. The summed E-state index contributed by atoms with van der Waals surface area (Å²) in [6, 6.07) is 5.39. The Hall–Kier alpha value is -2.81. The summed E-state index contributed by atoms with van der Waals surface area (Å²) in [5.74, 6) is -0.898. The van der Waals surface area contributed by atoms with Gasteiger partial charge >= 0.3 is 0 Å². The average molecular weight is 273 g/mol. The number of phenols is 1. The summed E-state index contributed by atoms with van der Waals surface area (Å²) in [6.07, 6.45) is 2.97. The molecule has 1 unspecified atom stereocenters. The highest BCUT2D eigenvalue weighted by molar-refractivity contribution is 5.93. The van der Waals surface area contributed by atoms with Crippen LogP contribution in [-0.4, -0.2) is 34.9 Å². The molecule has 0 aliphatic heterocycles. The highest BCUT2D eigenvalue weighted by atomic mass is 16.3. The summed E-state index contributed by atoms with van der Waals surface area (Å²) in [5, 5.41) is 20.4. The second-order valence-electron chi connectivity index (χ2n) is 4.13. The summed E-state index contributed by atoms with van der Waals surface area (Å²) >= 11 is 0. The molecule has 0 spiro atoms. The second-order valence-corrected chi connectivity index (χ2v) is 4.13. The molecule has 0 saturated heterocycles. The molecule has 0 heterocycles. The van der Waals surface area contributed by atoms with Gasteiger partial charge in [-0.1, -0.05) is 18.7 Å². The third kappa shape index (κ3) is 4.14. The van der Waals surface area contributed by atoms with E-state index in [0.717, 1.165) is 16.5 Å². The van der Waals surface area contributed by atoms with Gasteiger partial charge in [0.05, 0.1) is 0 Å². The lowest BCUT2D eigenvalue weighted by molar-refractivity contribution is -0.132. The number of hydrogen-bond acceptors (Lipinski definition) is 4. The molecule has 6 nitrogen and oxygen atoms in total. The molecule has 0 aromatic heterocycles. The molecule has 2 N–H and O–H groups in total. The van der Waals surface area contributed by atoms with Crippen LogP contribution in [0.1, 0.15) is 5.56 Å². The first-order chi connectivity index (χ1) is 9.47. The number of carbonyl (C=O) groups is 2. The Kier molecular flexibility index (Phi) is 5.30.